The van der Waals surface area contributed by atoms with Gasteiger partial charge in [-0.1, -0.05) is 23.8 Å². The van der Waals surface area contributed by atoms with Gasteiger partial charge in [0.05, 0.1) is 11.1 Å². The molecule has 6 heteroatoms. The summed E-state index contributed by atoms with van der Waals surface area (Å²) in [6.07, 6.45) is 0.631. The second-order valence-electron chi connectivity index (χ2n) is 6.29. The van der Waals surface area contributed by atoms with Crippen molar-refractivity contribution < 1.29 is 18.8 Å². The maximum absolute atomic E-state index is 12.8. The van der Waals surface area contributed by atoms with E-state index in [2.05, 4.69) is 5.32 Å². The predicted molar refractivity (Wildman–Crippen MR) is 94.3 cm³/mol. The molecule has 0 aromatic heterocycles. The van der Waals surface area contributed by atoms with E-state index >= 15 is 0 Å². The number of carbonyl (C=O) groups is 3. The summed E-state index contributed by atoms with van der Waals surface area (Å²) in [5.74, 6) is -1.24. The number of nitrogens with one attached hydrogen (secondary N) is 1. The van der Waals surface area contributed by atoms with Crippen LogP contribution in [0.2, 0.25) is 0 Å². The van der Waals surface area contributed by atoms with Gasteiger partial charge in [0.15, 0.2) is 0 Å². The Morgan fingerprint density at radius 2 is 1.73 bits per heavy atom. The number of aryl methyl sites for hydroxylation is 1. The molecule has 0 spiro atoms. The summed E-state index contributed by atoms with van der Waals surface area (Å²) in [7, 11) is 0. The van der Waals surface area contributed by atoms with Crippen LogP contribution in [0.25, 0.3) is 0 Å². The van der Waals surface area contributed by atoms with Gasteiger partial charge in [0, 0.05) is 19.5 Å². The Balaban J connectivity index is 1.48. The van der Waals surface area contributed by atoms with Crippen molar-refractivity contribution >= 4 is 17.7 Å². The van der Waals surface area contributed by atoms with Gasteiger partial charge in [-0.3, -0.25) is 19.3 Å². The topological polar surface area (TPSA) is 66.5 Å². The highest BCUT2D eigenvalue weighted by Crippen LogP contribution is 2.23. The number of hydrogen-bond acceptors (Lipinski definition) is 3. The van der Waals surface area contributed by atoms with Crippen LogP contribution < -0.4 is 5.32 Å². The van der Waals surface area contributed by atoms with Crippen LogP contribution in [0.4, 0.5) is 4.39 Å². The molecule has 3 rings (SSSR count). The number of rotatable bonds is 6. The van der Waals surface area contributed by atoms with Gasteiger partial charge < -0.3 is 5.32 Å². The number of imide groups is 1. The second-order valence-corrected chi connectivity index (χ2v) is 6.29. The highest BCUT2D eigenvalue weighted by molar-refractivity contribution is 6.21. The number of hydrogen-bond donors (Lipinski definition) is 1. The molecule has 0 saturated carbocycles. The van der Waals surface area contributed by atoms with Gasteiger partial charge in [-0.25, -0.2) is 4.39 Å². The molecule has 1 N–H and O–H groups in total. The molecular formula is C20H19FN2O3. The average Bonchev–Trinajstić information content (AvgIpc) is 2.85. The largest absolute Gasteiger partial charge is 0.356 e. The zero-order valence-corrected chi connectivity index (χ0v) is 14.4. The van der Waals surface area contributed by atoms with E-state index in [0.717, 1.165) is 16.0 Å². The van der Waals surface area contributed by atoms with Gasteiger partial charge >= 0.3 is 0 Å². The number of halogens is 1. The number of amides is 3. The highest BCUT2D eigenvalue weighted by atomic mass is 19.1. The normalized spacial score (nSPS) is 13.1. The lowest BCUT2D eigenvalue weighted by atomic mass is 10.1. The molecule has 1 aliphatic rings. The first-order chi connectivity index (χ1) is 12.5. The third kappa shape index (κ3) is 3.79. The SMILES string of the molecule is Cc1ccc2c(c1)C(=O)N(CCC(=O)NCCc1ccc(F)cc1)C2=O. The maximum atomic E-state index is 12.8. The molecule has 0 bridgehead atoms. The summed E-state index contributed by atoms with van der Waals surface area (Å²) in [4.78, 5) is 37.7. The molecule has 0 aliphatic carbocycles. The lowest BCUT2D eigenvalue weighted by molar-refractivity contribution is -0.121. The van der Waals surface area contributed by atoms with E-state index in [1.807, 2.05) is 6.92 Å². The predicted octanol–water partition coefficient (Wildman–Crippen LogP) is 2.48. The number of fused-ring (bicyclic) bond motifs is 1. The standard InChI is InChI=1S/C20H19FN2O3/c1-13-2-7-16-17(12-13)20(26)23(19(16)25)11-9-18(24)22-10-8-14-3-5-15(21)6-4-14/h2-7,12H,8-11H2,1H3,(H,22,24). The molecule has 1 heterocycles. The van der Waals surface area contributed by atoms with Crippen molar-refractivity contribution in [2.75, 3.05) is 13.1 Å². The molecule has 0 saturated heterocycles. The molecule has 0 atom stereocenters. The van der Waals surface area contributed by atoms with Gasteiger partial charge in [0.2, 0.25) is 5.91 Å². The van der Waals surface area contributed by atoms with Crippen molar-refractivity contribution in [1.29, 1.82) is 0 Å². The molecule has 2 aromatic rings. The molecular weight excluding hydrogens is 335 g/mol. The smallest absolute Gasteiger partial charge is 0.261 e. The first kappa shape index (κ1) is 17.8. The summed E-state index contributed by atoms with van der Waals surface area (Å²) in [5.41, 5.74) is 2.61. The molecule has 3 amide bonds. The first-order valence-corrected chi connectivity index (χ1v) is 8.43. The Bertz CT molecular complexity index is 862. The molecule has 5 nitrogen and oxygen atoms in total. The van der Waals surface area contributed by atoms with Crippen molar-refractivity contribution in [3.8, 4) is 0 Å². The molecule has 134 valence electrons. The third-order valence-electron chi connectivity index (χ3n) is 4.34. The molecule has 0 radical (unpaired) electrons. The molecule has 0 unspecified atom stereocenters. The Kier molecular flexibility index (Phi) is 5.11. The fraction of sp³-hybridized carbons (Fsp3) is 0.250. The summed E-state index contributed by atoms with van der Waals surface area (Å²) < 4.78 is 12.8. The molecule has 2 aromatic carbocycles. The van der Waals surface area contributed by atoms with Crippen LogP contribution in [0.3, 0.4) is 0 Å². The van der Waals surface area contributed by atoms with E-state index in [0.29, 0.717) is 24.1 Å². The minimum Gasteiger partial charge on any atom is -0.356 e. The van der Waals surface area contributed by atoms with Gasteiger partial charge in [0.1, 0.15) is 5.82 Å². The summed E-state index contributed by atoms with van der Waals surface area (Å²) >= 11 is 0. The second kappa shape index (κ2) is 7.47. The highest BCUT2D eigenvalue weighted by Gasteiger charge is 2.35. The van der Waals surface area contributed by atoms with Crippen LogP contribution in [-0.2, 0) is 11.2 Å². The van der Waals surface area contributed by atoms with Crippen LogP contribution >= 0.6 is 0 Å². The van der Waals surface area contributed by atoms with Gasteiger partial charge in [-0.15, -0.1) is 0 Å². The fourth-order valence-corrected chi connectivity index (χ4v) is 2.91. The van der Waals surface area contributed by atoms with Gasteiger partial charge in [-0.2, -0.15) is 0 Å². The van der Waals surface area contributed by atoms with E-state index in [4.69, 9.17) is 0 Å². The van der Waals surface area contributed by atoms with Crippen LogP contribution in [0.15, 0.2) is 42.5 Å². The van der Waals surface area contributed by atoms with Crippen molar-refractivity contribution in [3.63, 3.8) is 0 Å². The summed E-state index contributed by atoms with van der Waals surface area (Å²) in [6, 6.07) is 11.2. The quantitative estimate of drug-likeness (QED) is 0.811. The van der Waals surface area contributed by atoms with Gasteiger partial charge in [0.25, 0.3) is 11.8 Å². The lowest BCUT2D eigenvalue weighted by Gasteiger charge is -2.13. The Labute approximate surface area is 150 Å². The average molecular weight is 354 g/mol. The third-order valence-corrected chi connectivity index (χ3v) is 4.34. The Morgan fingerprint density at radius 3 is 2.46 bits per heavy atom. The van der Waals surface area contributed by atoms with Crippen LogP contribution in [0.5, 0.6) is 0 Å². The number of carbonyl (C=O) groups excluding carboxylic acids is 3. The molecule has 1 aliphatic heterocycles. The maximum Gasteiger partial charge on any atom is 0.261 e. The minimum absolute atomic E-state index is 0.0494. The van der Waals surface area contributed by atoms with E-state index in [1.165, 1.54) is 12.1 Å². The zero-order chi connectivity index (χ0) is 18.7. The number of benzene rings is 2. The Hall–Kier alpha value is -3.02. The van der Waals surface area contributed by atoms with E-state index < -0.39 is 0 Å². The Morgan fingerprint density at radius 1 is 1.04 bits per heavy atom. The van der Waals surface area contributed by atoms with Crippen molar-refractivity contribution in [1.82, 2.24) is 10.2 Å². The summed E-state index contributed by atoms with van der Waals surface area (Å²) in [5, 5.41) is 2.75. The van der Waals surface area contributed by atoms with E-state index in [-0.39, 0.29) is 36.5 Å². The number of nitrogens with zero attached hydrogens (tertiary/aromatic N) is 1. The van der Waals surface area contributed by atoms with Crippen LogP contribution in [-0.4, -0.2) is 35.7 Å². The van der Waals surface area contributed by atoms with Crippen LogP contribution in [0.1, 0.15) is 38.3 Å². The van der Waals surface area contributed by atoms with Crippen LogP contribution in [0, 0.1) is 12.7 Å². The zero-order valence-electron chi connectivity index (χ0n) is 14.4. The minimum atomic E-state index is -0.357. The van der Waals surface area contributed by atoms with E-state index in [1.54, 1.807) is 30.3 Å². The first-order valence-electron chi connectivity index (χ1n) is 8.43. The van der Waals surface area contributed by atoms with Gasteiger partial charge in [-0.05, 0) is 43.2 Å². The van der Waals surface area contributed by atoms with Crippen molar-refractivity contribution in [2.24, 2.45) is 0 Å². The monoisotopic (exact) mass is 354 g/mol. The molecule has 26 heavy (non-hydrogen) atoms. The van der Waals surface area contributed by atoms with Crippen molar-refractivity contribution in [2.45, 2.75) is 19.8 Å². The fourth-order valence-electron chi connectivity index (χ4n) is 2.91. The van der Waals surface area contributed by atoms with E-state index in [9.17, 15) is 18.8 Å². The molecule has 0 fully saturated rings. The van der Waals surface area contributed by atoms with Crippen molar-refractivity contribution in [3.05, 3.63) is 70.5 Å². The lowest BCUT2D eigenvalue weighted by Crippen LogP contribution is -2.35. The summed E-state index contributed by atoms with van der Waals surface area (Å²) in [6.45, 7) is 2.31.